The van der Waals surface area contributed by atoms with Crippen LogP contribution >= 0.6 is 0 Å². The molecule has 7 nitrogen and oxygen atoms in total. The molecule has 0 aliphatic carbocycles. The third-order valence-electron chi connectivity index (χ3n) is 4.81. The number of aryl methyl sites for hydroxylation is 3. The average Bonchev–Trinajstić information content (AvgIpc) is 3.24. The molecule has 0 aromatic carbocycles. The van der Waals surface area contributed by atoms with E-state index in [0.717, 1.165) is 36.1 Å². The van der Waals surface area contributed by atoms with Gasteiger partial charge in [-0.2, -0.15) is 0 Å². The summed E-state index contributed by atoms with van der Waals surface area (Å²) in [5.41, 5.74) is 4.20. The molecular weight excluding hydrogens is 328 g/mol. The molecule has 4 rings (SSSR count). The van der Waals surface area contributed by atoms with Crippen molar-refractivity contribution >= 4 is 23.2 Å². The lowest BCUT2D eigenvalue weighted by atomic mass is 10.2. The lowest BCUT2D eigenvalue weighted by Gasteiger charge is -2.18. The molecule has 0 unspecified atom stereocenters. The zero-order chi connectivity index (χ0) is 18.3. The van der Waals surface area contributed by atoms with Crippen LogP contribution in [0.2, 0.25) is 0 Å². The van der Waals surface area contributed by atoms with Crippen LogP contribution in [0.4, 0.5) is 11.6 Å². The number of carbonyl (C=O) groups is 1. The average molecular weight is 350 g/mol. The number of nitrogens with zero attached hydrogens (tertiary/aromatic N) is 5. The molecule has 0 radical (unpaired) electrons. The summed E-state index contributed by atoms with van der Waals surface area (Å²) in [6.07, 6.45) is 4.19. The third-order valence-corrected chi connectivity index (χ3v) is 4.81. The van der Waals surface area contributed by atoms with E-state index in [4.69, 9.17) is 0 Å². The Labute approximate surface area is 152 Å². The fourth-order valence-electron chi connectivity index (χ4n) is 3.50. The minimum absolute atomic E-state index is 0.204. The Morgan fingerprint density at radius 1 is 1.00 bits per heavy atom. The SMILES string of the molecule is Cc1nc(N2CCCC2)nc(C)c1NC(=O)c1c(C)nc2ccccn12. The van der Waals surface area contributed by atoms with Gasteiger partial charge in [-0.05, 0) is 45.7 Å². The number of amides is 1. The number of pyridine rings is 1. The standard InChI is InChI=1S/C19H22N6O/c1-12-16(13(2)22-19(21-12)24-9-6-7-10-24)23-18(26)17-14(3)20-15-8-4-5-11-25(15)17/h4-5,8,11H,6-7,9-10H2,1-3H3,(H,23,26). The lowest BCUT2D eigenvalue weighted by Crippen LogP contribution is -2.23. The van der Waals surface area contributed by atoms with Gasteiger partial charge in [-0.1, -0.05) is 6.07 Å². The second kappa shape index (κ2) is 6.40. The Morgan fingerprint density at radius 3 is 2.38 bits per heavy atom. The van der Waals surface area contributed by atoms with Crippen LogP contribution in [0, 0.1) is 20.8 Å². The molecule has 0 atom stereocenters. The van der Waals surface area contributed by atoms with E-state index in [1.54, 1.807) is 4.40 Å². The maximum absolute atomic E-state index is 12.9. The lowest BCUT2D eigenvalue weighted by molar-refractivity contribution is 0.102. The largest absolute Gasteiger partial charge is 0.341 e. The first-order chi connectivity index (χ1) is 12.5. The van der Waals surface area contributed by atoms with E-state index >= 15 is 0 Å². The number of carbonyl (C=O) groups excluding carboxylic acids is 1. The second-order valence-corrected chi connectivity index (χ2v) is 6.69. The van der Waals surface area contributed by atoms with E-state index < -0.39 is 0 Å². The van der Waals surface area contributed by atoms with E-state index in [0.29, 0.717) is 17.1 Å². The van der Waals surface area contributed by atoms with Gasteiger partial charge in [0.1, 0.15) is 11.3 Å². The van der Waals surface area contributed by atoms with Crippen molar-refractivity contribution in [3.63, 3.8) is 0 Å². The summed E-state index contributed by atoms with van der Waals surface area (Å²) in [6, 6.07) is 5.67. The molecule has 1 aliphatic rings. The van der Waals surface area contributed by atoms with Crippen LogP contribution in [0.3, 0.4) is 0 Å². The fourth-order valence-corrected chi connectivity index (χ4v) is 3.50. The van der Waals surface area contributed by atoms with E-state index in [2.05, 4.69) is 25.2 Å². The van der Waals surface area contributed by atoms with Gasteiger partial charge in [0.2, 0.25) is 5.95 Å². The van der Waals surface area contributed by atoms with Crippen molar-refractivity contribution in [1.29, 1.82) is 0 Å². The highest BCUT2D eigenvalue weighted by atomic mass is 16.2. The molecule has 1 N–H and O–H groups in total. The molecule has 1 aliphatic heterocycles. The quantitative estimate of drug-likeness (QED) is 0.786. The number of hydrogen-bond donors (Lipinski definition) is 1. The van der Waals surface area contributed by atoms with E-state index in [9.17, 15) is 4.79 Å². The third kappa shape index (κ3) is 2.79. The van der Waals surface area contributed by atoms with Crippen molar-refractivity contribution in [1.82, 2.24) is 19.4 Å². The van der Waals surface area contributed by atoms with E-state index in [1.165, 1.54) is 12.8 Å². The predicted octanol–water partition coefficient (Wildman–Crippen LogP) is 2.90. The van der Waals surface area contributed by atoms with Gasteiger partial charge < -0.3 is 10.2 Å². The number of hydrogen-bond acceptors (Lipinski definition) is 5. The second-order valence-electron chi connectivity index (χ2n) is 6.69. The fraction of sp³-hybridized carbons (Fsp3) is 0.368. The zero-order valence-corrected chi connectivity index (χ0v) is 15.3. The summed E-state index contributed by atoms with van der Waals surface area (Å²) in [4.78, 5) is 28.8. The molecule has 7 heteroatoms. The van der Waals surface area contributed by atoms with Crippen LogP contribution in [0.1, 0.15) is 40.4 Å². The molecule has 4 heterocycles. The number of aromatic nitrogens is 4. The van der Waals surface area contributed by atoms with E-state index in [-0.39, 0.29) is 5.91 Å². The van der Waals surface area contributed by atoms with Crippen molar-refractivity contribution in [2.45, 2.75) is 33.6 Å². The van der Waals surface area contributed by atoms with Crippen molar-refractivity contribution in [3.8, 4) is 0 Å². The van der Waals surface area contributed by atoms with Crippen LogP contribution in [-0.2, 0) is 0 Å². The number of anilines is 2. The summed E-state index contributed by atoms with van der Waals surface area (Å²) in [5, 5.41) is 2.99. The van der Waals surface area contributed by atoms with Gasteiger partial charge in [-0.15, -0.1) is 0 Å². The van der Waals surface area contributed by atoms with Gasteiger partial charge in [-0.3, -0.25) is 9.20 Å². The number of fused-ring (bicyclic) bond motifs is 1. The molecule has 26 heavy (non-hydrogen) atoms. The minimum Gasteiger partial charge on any atom is -0.341 e. The molecule has 3 aromatic heterocycles. The van der Waals surface area contributed by atoms with Crippen LogP contribution in [0.25, 0.3) is 5.65 Å². The first-order valence-corrected chi connectivity index (χ1v) is 8.90. The first kappa shape index (κ1) is 16.5. The topological polar surface area (TPSA) is 75.4 Å². The van der Waals surface area contributed by atoms with Gasteiger partial charge >= 0.3 is 0 Å². The van der Waals surface area contributed by atoms with Crippen molar-refractivity contribution < 1.29 is 4.79 Å². The molecule has 1 amide bonds. The highest BCUT2D eigenvalue weighted by Crippen LogP contribution is 2.24. The molecule has 3 aromatic rings. The van der Waals surface area contributed by atoms with Crippen LogP contribution in [0.5, 0.6) is 0 Å². The van der Waals surface area contributed by atoms with E-state index in [1.807, 2.05) is 45.2 Å². The molecule has 0 saturated carbocycles. The van der Waals surface area contributed by atoms with Gasteiger partial charge in [0, 0.05) is 19.3 Å². The van der Waals surface area contributed by atoms with Crippen molar-refractivity contribution in [3.05, 3.63) is 47.2 Å². The predicted molar refractivity (Wildman–Crippen MR) is 101 cm³/mol. The van der Waals surface area contributed by atoms with Gasteiger partial charge in [0.05, 0.1) is 22.8 Å². The van der Waals surface area contributed by atoms with Crippen LogP contribution in [-0.4, -0.2) is 38.3 Å². The Balaban J connectivity index is 1.66. The number of imidazole rings is 1. The molecule has 1 fully saturated rings. The maximum atomic E-state index is 12.9. The maximum Gasteiger partial charge on any atom is 0.274 e. The normalized spacial score (nSPS) is 14.2. The van der Waals surface area contributed by atoms with Crippen molar-refractivity contribution in [2.24, 2.45) is 0 Å². The van der Waals surface area contributed by atoms with Gasteiger partial charge in [0.15, 0.2) is 0 Å². The summed E-state index contributed by atoms with van der Waals surface area (Å²) >= 11 is 0. The Hall–Kier alpha value is -2.96. The molecule has 134 valence electrons. The minimum atomic E-state index is -0.204. The molecule has 0 bridgehead atoms. The zero-order valence-electron chi connectivity index (χ0n) is 15.3. The molecule has 1 saturated heterocycles. The smallest absolute Gasteiger partial charge is 0.274 e. The number of nitrogens with one attached hydrogen (secondary N) is 1. The summed E-state index contributed by atoms with van der Waals surface area (Å²) in [5.74, 6) is 0.548. The molecule has 0 spiro atoms. The van der Waals surface area contributed by atoms with Gasteiger partial charge in [0.25, 0.3) is 5.91 Å². The number of rotatable bonds is 3. The monoisotopic (exact) mass is 350 g/mol. The van der Waals surface area contributed by atoms with Crippen LogP contribution in [0.15, 0.2) is 24.4 Å². The Morgan fingerprint density at radius 2 is 1.69 bits per heavy atom. The highest BCUT2D eigenvalue weighted by molar-refractivity contribution is 6.05. The van der Waals surface area contributed by atoms with Gasteiger partial charge in [-0.25, -0.2) is 15.0 Å². The Kier molecular flexibility index (Phi) is 4.06. The highest BCUT2D eigenvalue weighted by Gasteiger charge is 2.21. The summed E-state index contributed by atoms with van der Waals surface area (Å²) in [6.45, 7) is 7.64. The summed E-state index contributed by atoms with van der Waals surface area (Å²) in [7, 11) is 0. The first-order valence-electron chi connectivity index (χ1n) is 8.90. The summed E-state index contributed by atoms with van der Waals surface area (Å²) < 4.78 is 1.80. The Bertz CT molecular complexity index is 964. The van der Waals surface area contributed by atoms with Crippen molar-refractivity contribution in [2.75, 3.05) is 23.3 Å². The van der Waals surface area contributed by atoms with Crippen LogP contribution < -0.4 is 10.2 Å². The molecular formula is C19H22N6O.